The smallest absolute Gasteiger partial charge is 0.226 e. The molecule has 2 heterocycles. The molecule has 0 unspecified atom stereocenters. The second-order valence-corrected chi connectivity index (χ2v) is 9.04. The van der Waals surface area contributed by atoms with Crippen LogP contribution in [0.25, 0.3) is 17.0 Å². The standard InChI is InChI=1S/C28H33N3O2/c1-20(2)28(32)30-24-7-4-6-23(19-24)18-22-12-14-31(15-13-22)16-17-33-27-9-5-8-26-25(27)11-10-21(3)29-26/h4-11,18-20H,12-17H2,1-3H3,(H,30,32). The van der Waals surface area contributed by atoms with Gasteiger partial charge in [0.05, 0.1) is 5.52 Å². The highest BCUT2D eigenvalue weighted by atomic mass is 16.5. The Bertz CT molecular complexity index is 1140. The van der Waals surface area contributed by atoms with E-state index in [1.165, 1.54) is 5.57 Å². The molecule has 1 fully saturated rings. The van der Waals surface area contributed by atoms with Crippen molar-refractivity contribution >= 4 is 28.6 Å². The van der Waals surface area contributed by atoms with Gasteiger partial charge in [-0.1, -0.05) is 43.7 Å². The summed E-state index contributed by atoms with van der Waals surface area (Å²) in [6.45, 7) is 9.47. The summed E-state index contributed by atoms with van der Waals surface area (Å²) in [5.74, 6) is 0.925. The maximum Gasteiger partial charge on any atom is 0.226 e. The molecule has 1 aromatic heterocycles. The van der Waals surface area contributed by atoms with Crippen molar-refractivity contribution in [3.8, 4) is 5.75 Å². The molecule has 0 spiro atoms. The normalized spacial score (nSPS) is 14.5. The summed E-state index contributed by atoms with van der Waals surface area (Å²) in [6.07, 6.45) is 4.38. The van der Waals surface area contributed by atoms with Gasteiger partial charge in [0.25, 0.3) is 0 Å². The Morgan fingerprint density at radius 1 is 1.12 bits per heavy atom. The Labute approximate surface area is 196 Å². The van der Waals surface area contributed by atoms with Gasteiger partial charge in [0.2, 0.25) is 5.91 Å². The number of nitrogens with zero attached hydrogens (tertiary/aromatic N) is 2. The van der Waals surface area contributed by atoms with Gasteiger partial charge < -0.3 is 10.1 Å². The molecule has 4 rings (SSSR count). The molecule has 1 amide bonds. The Hall–Kier alpha value is -3.18. The number of carbonyl (C=O) groups excluding carboxylic acids is 1. The third-order valence-electron chi connectivity index (χ3n) is 6.04. The Morgan fingerprint density at radius 3 is 2.70 bits per heavy atom. The van der Waals surface area contributed by atoms with Crippen LogP contribution in [0.2, 0.25) is 0 Å². The number of fused-ring (bicyclic) bond motifs is 1. The van der Waals surface area contributed by atoms with Gasteiger partial charge >= 0.3 is 0 Å². The van der Waals surface area contributed by atoms with Gasteiger partial charge in [-0.05, 0) is 61.7 Å². The van der Waals surface area contributed by atoms with Gasteiger partial charge in [-0.15, -0.1) is 0 Å². The van der Waals surface area contributed by atoms with Crippen molar-refractivity contribution in [2.75, 3.05) is 31.6 Å². The van der Waals surface area contributed by atoms with Crippen molar-refractivity contribution in [1.82, 2.24) is 9.88 Å². The summed E-state index contributed by atoms with van der Waals surface area (Å²) in [5.41, 5.74) is 5.45. The van der Waals surface area contributed by atoms with E-state index in [1.807, 2.05) is 63.2 Å². The minimum absolute atomic E-state index is 0.0261. The Kier molecular flexibility index (Phi) is 7.40. The number of carbonyl (C=O) groups is 1. The van der Waals surface area contributed by atoms with Gasteiger partial charge in [0.15, 0.2) is 0 Å². The van der Waals surface area contributed by atoms with Crippen molar-refractivity contribution in [2.24, 2.45) is 5.92 Å². The van der Waals surface area contributed by atoms with Crippen LogP contribution in [0.4, 0.5) is 5.69 Å². The molecule has 5 heteroatoms. The fraction of sp³-hybridized carbons (Fsp3) is 0.357. The van der Waals surface area contributed by atoms with Gasteiger partial charge in [0.1, 0.15) is 12.4 Å². The van der Waals surface area contributed by atoms with Crippen molar-refractivity contribution in [3.05, 3.63) is 71.4 Å². The average Bonchev–Trinajstić information content (AvgIpc) is 2.80. The maximum absolute atomic E-state index is 12.0. The van der Waals surface area contributed by atoms with Gasteiger partial charge in [-0.25, -0.2) is 0 Å². The first-order chi connectivity index (χ1) is 16.0. The zero-order valence-corrected chi connectivity index (χ0v) is 19.8. The van der Waals surface area contributed by atoms with E-state index < -0.39 is 0 Å². The Balaban J connectivity index is 1.27. The van der Waals surface area contributed by atoms with E-state index in [9.17, 15) is 4.79 Å². The average molecular weight is 444 g/mol. The maximum atomic E-state index is 12.0. The minimum atomic E-state index is -0.0261. The van der Waals surface area contributed by atoms with E-state index in [4.69, 9.17) is 4.74 Å². The molecule has 0 radical (unpaired) electrons. The summed E-state index contributed by atoms with van der Waals surface area (Å²) >= 11 is 0. The van der Waals surface area contributed by atoms with Gasteiger partial charge in [-0.3, -0.25) is 14.7 Å². The lowest BCUT2D eigenvalue weighted by Gasteiger charge is -2.28. The van der Waals surface area contributed by atoms with Crippen LogP contribution in [-0.2, 0) is 4.79 Å². The van der Waals surface area contributed by atoms with Crippen molar-refractivity contribution in [2.45, 2.75) is 33.6 Å². The molecule has 0 aliphatic carbocycles. The van der Waals surface area contributed by atoms with Crippen LogP contribution in [0.3, 0.4) is 0 Å². The number of anilines is 1. The minimum Gasteiger partial charge on any atom is -0.492 e. The van der Waals surface area contributed by atoms with Crippen LogP contribution in [0.15, 0.2) is 60.2 Å². The van der Waals surface area contributed by atoms with E-state index >= 15 is 0 Å². The van der Waals surface area contributed by atoms with Gasteiger partial charge in [0, 0.05) is 42.3 Å². The number of hydrogen-bond donors (Lipinski definition) is 1. The highest BCUT2D eigenvalue weighted by Crippen LogP contribution is 2.25. The number of rotatable bonds is 7. The van der Waals surface area contributed by atoms with Crippen LogP contribution < -0.4 is 10.1 Å². The molecule has 0 bridgehead atoms. The van der Waals surface area contributed by atoms with Crippen LogP contribution in [-0.4, -0.2) is 42.0 Å². The topological polar surface area (TPSA) is 54.5 Å². The van der Waals surface area contributed by atoms with E-state index in [1.54, 1.807) is 0 Å². The van der Waals surface area contributed by atoms with Crippen molar-refractivity contribution < 1.29 is 9.53 Å². The molecule has 1 saturated heterocycles. The monoisotopic (exact) mass is 443 g/mol. The summed E-state index contributed by atoms with van der Waals surface area (Å²) in [4.78, 5) is 19.0. The number of pyridine rings is 1. The molecular weight excluding hydrogens is 410 g/mol. The number of ether oxygens (including phenoxy) is 1. The fourth-order valence-corrected chi connectivity index (χ4v) is 4.08. The number of aryl methyl sites for hydroxylation is 1. The lowest BCUT2D eigenvalue weighted by atomic mass is 10.0. The molecule has 0 atom stereocenters. The number of piperidine rings is 1. The van der Waals surface area contributed by atoms with E-state index in [0.717, 1.165) is 66.1 Å². The van der Waals surface area contributed by atoms with Crippen molar-refractivity contribution in [1.29, 1.82) is 0 Å². The second kappa shape index (κ2) is 10.6. The van der Waals surface area contributed by atoms with E-state index in [-0.39, 0.29) is 11.8 Å². The first kappa shape index (κ1) is 23.0. The van der Waals surface area contributed by atoms with Crippen LogP contribution in [0.1, 0.15) is 37.9 Å². The summed E-state index contributed by atoms with van der Waals surface area (Å²) in [6, 6.07) is 18.3. The van der Waals surface area contributed by atoms with Crippen LogP contribution in [0.5, 0.6) is 5.75 Å². The van der Waals surface area contributed by atoms with E-state index in [0.29, 0.717) is 6.61 Å². The van der Waals surface area contributed by atoms with Gasteiger partial charge in [-0.2, -0.15) is 0 Å². The first-order valence-electron chi connectivity index (χ1n) is 11.8. The number of amides is 1. The Morgan fingerprint density at radius 2 is 1.91 bits per heavy atom. The fourth-order valence-electron chi connectivity index (χ4n) is 4.08. The second-order valence-electron chi connectivity index (χ2n) is 9.04. The number of likely N-dealkylation sites (tertiary alicyclic amines) is 1. The molecule has 172 valence electrons. The zero-order chi connectivity index (χ0) is 23.2. The number of benzene rings is 2. The molecule has 33 heavy (non-hydrogen) atoms. The van der Waals surface area contributed by atoms with Crippen LogP contribution >= 0.6 is 0 Å². The molecule has 3 aromatic rings. The summed E-state index contributed by atoms with van der Waals surface area (Å²) < 4.78 is 6.12. The molecule has 1 aliphatic rings. The molecule has 2 aromatic carbocycles. The predicted octanol–water partition coefficient (Wildman–Crippen LogP) is 5.70. The number of aromatic nitrogens is 1. The quantitative estimate of drug-likeness (QED) is 0.509. The lowest BCUT2D eigenvalue weighted by Crippen LogP contribution is -2.34. The summed E-state index contributed by atoms with van der Waals surface area (Å²) in [7, 11) is 0. The van der Waals surface area contributed by atoms with Crippen LogP contribution in [0, 0.1) is 12.8 Å². The largest absolute Gasteiger partial charge is 0.492 e. The zero-order valence-electron chi connectivity index (χ0n) is 19.8. The molecule has 0 saturated carbocycles. The molecular formula is C28H33N3O2. The summed E-state index contributed by atoms with van der Waals surface area (Å²) in [5, 5.41) is 4.05. The SMILES string of the molecule is Cc1ccc2c(OCCN3CCC(=Cc4cccc(NC(=O)C(C)C)c4)CC3)cccc2n1. The molecule has 5 nitrogen and oxygen atoms in total. The first-order valence-corrected chi connectivity index (χ1v) is 11.8. The highest BCUT2D eigenvalue weighted by Gasteiger charge is 2.14. The highest BCUT2D eigenvalue weighted by molar-refractivity contribution is 5.92. The number of hydrogen-bond acceptors (Lipinski definition) is 4. The predicted molar refractivity (Wildman–Crippen MR) is 136 cm³/mol. The molecule has 1 N–H and O–H groups in total. The third-order valence-corrected chi connectivity index (χ3v) is 6.04. The number of nitrogens with one attached hydrogen (secondary N) is 1. The van der Waals surface area contributed by atoms with E-state index in [2.05, 4.69) is 33.4 Å². The van der Waals surface area contributed by atoms with Crippen molar-refractivity contribution in [3.63, 3.8) is 0 Å². The third kappa shape index (κ3) is 6.20. The molecule has 1 aliphatic heterocycles. The lowest BCUT2D eigenvalue weighted by molar-refractivity contribution is -0.118.